The van der Waals surface area contributed by atoms with Crippen LogP contribution in [0.5, 0.6) is 5.75 Å². The number of carbonyl (C=O) groups excluding carboxylic acids is 3. The number of hydrogen-bond acceptors (Lipinski definition) is 10. The Morgan fingerprint density at radius 2 is 1.59 bits per heavy atom. The largest absolute Gasteiger partial charge is 0.489 e. The SMILES string of the molecule is CN(CCc1ccccc1)C(=O)Cn1c(C(=O)NC(CCCCNC(=O)c2ccc(NN=Cc3ccccc3S(=O)(=O)O)nc2)C(=O)O)cc2cc(OCc3ccccc3)ccc21. The van der Waals surface area contributed by atoms with Crippen molar-refractivity contribution in [3.8, 4) is 5.75 Å². The second kappa shape index (κ2) is 21.4. The van der Waals surface area contributed by atoms with Gasteiger partial charge in [0.1, 0.15) is 41.4 Å². The lowest BCUT2D eigenvalue weighted by Crippen LogP contribution is -2.42. The number of unbranched alkanes of at least 4 members (excludes halogenated alkanes) is 1. The lowest BCUT2D eigenvalue weighted by Gasteiger charge is -2.20. The molecule has 1 unspecified atom stereocenters. The van der Waals surface area contributed by atoms with E-state index in [0.29, 0.717) is 49.1 Å². The Morgan fingerprint density at radius 1 is 0.873 bits per heavy atom. The first-order chi connectivity index (χ1) is 30.4. The van der Waals surface area contributed by atoms with E-state index in [2.05, 4.69) is 26.1 Å². The van der Waals surface area contributed by atoms with Gasteiger partial charge in [-0.2, -0.15) is 13.5 Å². The van der Waals surface area contributed by atoms with E-state index in [9.17, 15) is 37.3 Å². The third kappa shape index (κ3) is 12.8. The van der Waals surface area contributed by atoms with Crippen molar-refractivity contribution in [2.45, 2.75) is 49.8 Å². The topological polar surface area (TPSA) is 222 Å². The first kappa shape index (κ1) is 45.2. The molecule has 0 saturated carbocycles. The molecule has 2 heterocycles. The number of fused-ring (bicyclic) bond motifs is 1. The average molecular weight is 874 g/mol. The Hall–Kier alpha value is -7.37. The van der Waals surface area contributed by atoms with Crippen LogP contribution in [0.2, 0.25) is 0 Å². The smallest absolute Gasteiger partial charge is 0.326 e. The van der Waals surface area contributed by atoms with Crippen LogP contribution in [-0.4, -0.2) is 88.6 Å². The van der Waals surface area contributed by atoms with Gasteiger partial charge in [0.05, 0.1) is 11.8 Å². The third-order valence-electron chi connectivity index (χ3n) is 10.1. The molecule has 0 saturated heterocycles. The van der Waals surface area contributed by atoms with Crippen LogP contribution in [0.3, 0.4) is 0 Å². The number of hydrogen-bond donors (Lipinski definition) is 5. The van der Waals surface area contributed by atoms with Crippen molar-refractivity contribution < 1.29 is 42.0 Å². The first-order valence-electron chi connectivity index (χ1n) is 20.1. The number of aliphatic carboxylic acids is 1. The summed E-state index contributed by atoms with van der Waals surface area (Å²) in [6.07, 6.45) is 4.02. The molecule has 63 heavy (non-hydrogen) atoms. The Labute approximate surface area is 364 Å². The maximum atomic E-state index is 13.9. The Bertz CT molecular complexity index is 2670. The summed E-state index contributed by atoms with van der Waals surface area (Å²) in [5, 5.41) is 20.1. The van der Waals surface area contributed by atoms with E-state index < -0.39 is 33.9 Å². The van der Waals surface area contributed by atoms with E-state index in [4.69, 9.17) is 4.74 Å². The van der Waals surface area contributed by atoms with Crippen LogP contribution in [0.1, 0.15) is 56.8 Å². The van der Waals surface area contributed by atoms with Crippen molar-refractivity contribution >= 4 is 56.7 Å². The van der Waals surface area contributed by atoms with Crippen LogP contribution in [0, 0.1) is 0 Å². The fourth-order valence-electron chi connectivity index (χ4n) is 6.61. The Morgan fingerprint density at radius 3 is 2.29 bits per heavy atom. The summed E-state index contributed by atoms with van der Waals surface area (Å²) in [7, 11) is -2.74. The predicted octanol–water partition coefficient (Wildman–Crippen LogP) is 5.79. The maximum absolute atomic E-state index is 13.9. The molecule has 1 atom stereocenters. The molecule has 0 aliphatic heterocycles. The number of carbonyl (C=O) groups is 4. The zero-order valence-corrected chi connectivity index (χ0v) is 35.2. The highest BCUT2D eigenvalue weighted by Crippen LogP contribution is 2.26. The van der Waals surface area contributed by atoms with Crippen LogP contribution in [-0.2, 0) is 39.3 Å². The van der Waals surface area contributed by atoms with Gasteiger partial charge < -0.3 is 29.9 Å². The van der Waals surface area contributed by atoms with E-state index in [1.807, 2.05) is 60.7 Å². The van der Waals surface area contributed by atoms with Crippen molar-refractivity contribution in [3.05, 3.63) is 155 Å². The van der Waals surface area contributed by atoms with E-state index >= 15 is 0 Å². The van der Waals surface area contributed by atoms with Gasteiger partial charge in [-0.3, -0.25) is 24.4 Å². The molecule has 0 radical (unpaired) electrons. The molecular formula is C46H47N7O9S. The third-order valence-corrected chi connectivity index (χ3v) is 11.0. The summed E-state index contributed by atoms with van der Waals surface area (Å²) < 4.78 is 40.2. The summed E-state index contributed by atoms with van der Waals surface area (Å²) in [6.45, 7) is 0.855. The summed E-state index contributed by atoms with van der Waals surface area (Å²) in [5.74, 6) is -1.69. The second-order valence-corrected chi connectivity index (χ2v) is 16.0. The van der Waals surface area contributed by atoms with E-state index in [1.54, 1.807) is 46.8 Å². The van der Waals surface area contributed by atoms with Crippen molar-refractivity contribution in [3.63, 3.8) is 0 Å². The van der Waals surface area contributed by atoms with Gasteiger partial charge in [0.25, 0.3) is 21.9 Å². The van der Waals surface area contributed by atoms with Gasteiger partial charge >= 0.3 is 5.97 Å². The molecule has 5 N–H and O–H groups in total. The molecule has 3 amide bonds. The van der Waals surface area contributed by atoms with Crippen LogP contribution in [0.15, 0.2) is 138 Å². The number of likely N-dealkylation sites (N-methyl/N-ethyl adjacent to an activating group) is 1. The maximum Gasteiger partial charge on any atom is 0.326 e. The minimum Gasteiger partial charge on any atom is -0.489 e. The highest BCUT2D eigenvalue weighted by Gasteiger charge is 2.25. The minimum atomic E-state index is -4.44. The molecule has 0 fully saturated rings. The van der Waals surface area contributed by atoms with E-state index in [1.165, 1.54) is 42.7 Å². The number of hydrazone groups is 1. The molecule has 0 bridgehead atoms. The first-order valence-corrected chi connectivity index (χ1v) is 21.5. The van der Waals surface area contributed by atoms with Gasteiger partial charge in [-0.1, -0.05) is 78.9 Å². The normalized spacial score (nSPS) is 11.8. The highest BCUT2D eigenvalue weighted by atomic mass is 32.2. The summed E-state index contributed by atoms with van der Waals surface area (Å²) in [5.41, 5.74) is 5.84. The van der Waals surface area contributed by atoms with Crippen molar-refractivity contribution in [2.24, 2.45) is 5.10 Å². The number of carboxylic acids is 1. The van der Waals surface area contributed by atoms with Crippen LogP contribution in [0.25, 0.3) is 10.9 Å². The number of anilines is 1. The molecule has 4 aromatic carbocycles. The van der Waals surface area contributed by atoms with E-state index in [-0.39, 0.29) is 53.0 Å². The molecule has 17 heteroatoms. The number of pyridine rings is 1. The molecule has 16 nitrogen and oxygen atoms in total. The van der Waals surface area contributed by atoms with Crippen LogP contribution in [0.4, 0.5) is 5.82 Å². The summed E-state index contributed by atoms with van der Waals surface area (Å²) >= 11 is 0. The van der Waals surface area contributed by atoms with Crippen molar-refractivity contribution in [1.82, 2.24) is 25.1 Å². The number of nitrogens with one attached hydrogen (secondary N) is 3. The second-order valence-electron chi connectivity index (χ2n) is 14.6. The number of ether oxygens (including phenoxy) is 1. The predicted molar refractivity (Wildman–Crippen MR) is 237 cm³/mol. The summed E-state index contributed by atoms with van der Waals surface area (Å²) in [6, 6.07) is 34.0. The molecule has 6 aromatic rings. The number of amides is 3. The Balaban J connectivity index is 1.04. The lowest BCUT2D eigenvalue weighted by atomic mass is 10.1. The molecular weight excluding hydrogens is 827 g/mol. The van der Waals surface area contributed by atoms with Gasteiger partial charge in [0, 0.05) is 42.8 Å². The minimum absolute atomic E-state index is 0.0763. The molecule has 0 aliphatic carbocycles. The molecule has 0 spiro atoms. The molecule has 326 valence electrons. The number of rotatable bonds is 21. The average Bonchev–Trinajstić information content (AvgIpc) is 3.64. The van der Waals surface area contributed by atoms with Gasteiger partial charge in [-0.25, -0.2) is 9.78 Å². The molecule has 6 rings (SSSR count). The number of benzene rings is 4. The van der Waals surface area contributed by atoms with Crippen LogP contribution >= 0.6 is 0 Å². The number of carboxylic acid groups (broad SMARTS) is 1. The fraction of sp³-hybridized carbons (Fsp3) is 0.217. The standard InChI is InChI=1S/C46H47N7O9S/c1-52(25-23-32-12-4-2-5-13-32)43(54)30-53-39-21-20-37(62-31-33-14-6-3-7-15-33)26-36(39)27-40(53)45(56)50-38(46(57)58)17-10-11-24-47-44(55)35-19-22-42(48-28-35)51-49-29-34-16-8-9-18-41(34)63(59,60)61/h2-9,12-16,18-22,26-29,38H,10-11,17,23-25,30-31H2,1H3,(H,47,55)(H,48,51)(H,50,56)(H,57,58)(H,59,60,61). The number of nitrogens with zero attached hydrogens (tertiary/aromatic N) is 4. The fourth-order valence-corrected chi connectivity index (χ4v) is 7.28. The van der Waals surface area contributed by atoms with E-state index in [0.717, 1.165) is 11.1 Å². The Kier molecular flexibility index (Phi) is 15.4. The van der Waals surface area contributed by atoms with Gasteiger partial charge in [0.15, 0.2) is 0 Å². The van der Waals surface area contributed by atoms with Crippen molar-refractivity contribution in [1.29, 1.82) is 0 Å². The zero-order valence-electron chi connectivity index (χ0n) is 34.4. The molecule has 0 aliphatic rings. The summed E-state index contributed by atoms with van der Waals surface area (Å²) in [4.78, 5) is 58.0. The highest BCUT2D eigenvalue weighted by molar-refractivity contribution is 7.86. The van der Waals surface area contributed by atoms with Gasteiger partial charge in [0.2, 0.25) is 5.91 Å². The zero-order chi connectivity index (χ0) is 44.8. The molecule has 2 aromatic heterocycles. The number of aromatic nitrogens is 2. The van der Waals surface area contributed by atoms with Gasteiger partial charge in [-0.05, 0) is 79.3 Å². The van der Waals surface area contributed by atoms with Gasteiger partial charge in [-0.15, -0.1) is 0 Å². The quantitative estimate of drug-likeness (QED) is 0.0252. The monoisotopic (exact) mass is 873 g/mol. The lowest BCUT2D eigenvalue weighted by molar-refractivity contribution is -0.139. The van der Waals surface area contributed by atoms with Crippen molar-refractivity contribution in [2.75, 3.05) is 25.6 Å². The van der Waals surface area contributed by atoms with Crippen LogP contribution < -0.4 is 20.8 Å².